The predicted octanol–water partition coefficient (Wildman–Crippen LogP) is -0.555. The average molecular weight is 941 g/mol. The molecule has 3 aromatic carbocycles. The molecule has 0 saturated carbocycles. The number of aromatic nitrogens is 1. The number of hydrogen-bond acceptors (Lipinski definition) is 11. The van der Waals surface area contributed by atoms with E-state index in [9.17, 15) is 43.8 Å². The first-order chi connectivity index (χ1) is 32.4. The number of benzene rings is 3. The van der Waals surface area contributed by atoms with Crippen molar-refractivity contribution in [2.24, 2.45) is 27.9 Å². The minimum atomic E-state index is -1.36. The molecule has 0 bridgehead atoms. The lowest BCUT2D eigenvalue weighted by atomic mass is 10.0. The van der Waals surface area contributed by atoms with E-state index in [1.165, 1.54) is 38.1 Å². The van der Waals surface area contributed by atoms with E-state index in [0.717, 1.165) is 10.9 Å². The fourth-order valence-corrected chi connectivity index (χ4v) is 7.17. The highest BCUT2D eigenvalue weighted by molar-refractivity contribution is 5.97. The molecule has 366 valence electrons. The Balaban J connectivity index is 1.69. The molecule has 0 aliphatic heterocycles. The van der Waals surface area contributed by atoms with E-state index in [1.807, 2.05) is 24.3 Å². The summed E-state index contributed by atoms with van der Waals surface area (Å²) in [7, 11) is 0. The van der Waals surface area contributed by atoms with Gasteiger partial charge in [0.25, 0.3) is 0 Å². The van der Waals surface area contributed by atoms with Gasteiger partial charge in [-0.15, -0.1) is 0 Å². The number of carbonyl (C=O) groups is 7. The Kier molecular flexibility index (Phi) is 20.8. The number of carboxylic acid groups (broad SMARTS) is 1. The molecule has 6 amide bonds. The second-order valence-electron chi connectivity index (χ2n) is 16.5. The van der Waals surface area contributed by atoms with Gasteiger partial charge < -0.3 is 70.0 Å². The van der Waals surface area contributed by atoms with Crippen LogP contribution >= 0.6 is 0 Å². The minimum absolute atomic E-state index is 0.0427. The largest absolute Gasteiger partial charge is 0.508 e. The quantitative estimate of drug-likeness (QED) is 0.0203. The van der Waals surface area contributed by atoms with Crippen LogP contribution in [0.25, 0.3) is 10.9 Å². The van der Waals surface area contributed by atoms with Gasteiger partial charge in [0, 0.05) is 42.9 Å². The van der Waals surface area contributed by atoms with Crippen molar-refractivity contribution in [1.82, 2.24) is 36.9 Å². The summed E-state index contributed by atoms with van der Waals surface area (Å²) in [4.78, 5) is 103. The van der Waals surface area contributed by atoms with Gasteiger partial charge in [0.05, 0.1) is 6.04 Å². The van der Waals surface area contributed by atoms with Gasteiger partial charge in [-0.2, -0.15) is 0 Å². The summed E-state index contributed by atoms with van der Waals surface area (Å²) in [6, 6.07) is 13.3. The SMILES string of the molecule is C[C@H](N)C(=O)N[C@@H](CCCCN)C(=O)N[C@@H](Cc1c[nH]c2ccccc12)C(=O)N[C@@H](Cc1ccccc1)C(=O)N[C@@H](CCCN=C(N)N)C(=O)N[C@@H](Cc1ccc(O)cc1)C(=O)N[C@@H](C)C(=O)O. The van der Waals surface area contributed by atoms with Gasteiger partial charge in [0.2, 0.25) is 35.4 Å². The van der Waals surface area contributed by atoms with Gasteiger partial charge in [-0.05, 0) is 87.4 Å². The van der Waals surface area contributed by atoms with Gasteiger partial charge in [-0.25, -0.2) is 0 Å². The number of nitrogens with two attached hydrogens (primary N) is 4. The second-order valence-corrected chi connectivity index (χ2v) is 16.5. The van der Waals surface area contributed by atoms with Gasteiger partial charge in [0.1, 0.15) is 42.0 Å². The lowest BCUT2D eigenvalue weighted by Crippen LogP contribution is -2.60. The third-order valence-electron chi connectivity index (χ3n) is 11.0. The maximum Gasteiger partial charge on any atom is 0.325 e. The molecular weight excluding hydrogens is 877 g/mol. The van der Waals surface area contributed by atoms with Crippen molar-refractivity contribution >= 4 is 58.3 Å². The van der Waals surface area contributed by atoms with Gasteiger partial charge >= 0.3 is 5.97 Å². The molecule has 0 saturated heterocycles. The summed E-state index contributed by atoms with van der Waals surface area (Å²) in [5.41, 5.74) is 25.2. The number of hydrogen-bond donors (Lipinski definition) is 13. The van der Waals surface area contributed by atoms with Crippen molar-refractivity contribution < 1.29 is 43.8 Å². The number of H-pyrrole nitrogens is 1. The van der Waals surface area contributed by atoms with Crippen LogP contribution in [0.5, 0.6) is 5.75 Å². The Bertz CT molecular complexity index is 2350. The van der Waals surface area contributed by atoms with Crippen LogP contribution in [0.2, 0.25) is 0 Å². The van der Waals surface area contributed by atoms with Crippen LogP contribution in [0.3, 0.4) is 0 Å². The van der Waals surface area contributed by atoms with Crippen molar-refractivity contribution in [1.29, 1.82) is 0 Å². The average Bonchev–Trinajstić information content (AvgIpc) is 3.72. The molecular formula is C47H64N12O9. The number of aliphatic imine (C=N–C) groups is 1. The minimum Gasteiger partial charge on any atom is -0.508 e. The number of para-hydroxylation sites is 1. The number of phenolic OH excluding ortho intramolecular Hbond substituents is 1. The Morgan fingerprint density at radius 3 is 1.65 bits per heavy atom. The topological polar surface area (TPSA) is 364 Å². The van der Waals surface area contributed by atoms with Crippen LogP contribution in [0.1, 0.15) is 62.6 Å². The molecule has 0 aliphatic rings. The van der Waals surface area contributed by atoms with E-state index in [4.69, 9.17) is 22.9 Å². The highest BCUT2D eigenvalue weighted by Crippen LogP contribution is 2.20. The van der Waals surface area contributed by atoms with E-state index in [-0.39, 0.29) is 56.8 Å². The first-order valence-electron chi connectivity index (χ1n) is 22.4. The molecule has 1 aromatic heterocycles. The number of unbranched alkanes of at least 4 members (excludes halogenated alkanes) is 1. The number of phenols is 1. The molecule has 4 aromatic rings. The first-order valence-corrected chi connectivity index (χ1v) is 22.4. The fraction of sp³-hybridized carbons (Fsp3) is 0.404. The van der Waals surface area contributed by atoms with Crippen LogP contribution in [0, 0.1) is 0 Å². The molecule has 0 fully saturated rings. The Labute approximate surface area is 394 Å². The van der Waals surface area contributed by atoms with Crippen molar-refractivity contribution in [2.75, 3.05) is 13.1 Å². The van der Waals surface area contributed by atoms with Gasteiger partial charge in [-0.1, -0.05) is 60.7 Å². The number of carbonyl (C=O) groups excluding carboxylic acids is 6. The van der Waals surface area contributed by atoms with E-state index < -0.39 is 83.7 Å². The highest BCUT2D eigenvalue weighted by Gasteiger charge is 2.34. The molecule has 1 heterocycles. The standard InChI is InChI=1S/C47H64N12O9/c1-27(49)40(61)55-35(15-8-9-21-48)41(62)59-39(25-31-26-53-34-14-7-6-13-33(31)34)45(66)58-38(23-29-11-4-3-5-12-29)44(65)56-36(16-10-22-52-47(50)51)42(63)57-37(43(64)54-28(2)46(67)68)24-30-17-19-32(60)20-18-30/h3-7,11-14,17-20,26-28,35-39,53,60H,8-10,15-16,21-25,48-49H2,1-2H3,(H,54,64)(H,55,61)(H,56,65)(H,57,63)(H,58,66)(H,59,62)(H,67,68)(H4,50,51,52)/t27-,28-,35-,36-,37-,38-,39-/m0/s1. The number of rotatable bonds is 27. The highest BCUT2D eigenvalue weighted by atomic mass is 16.4. The maximum atomic E-state index is 14.6. The zero-order valence-corrected chi connectivity index (χ0v) is 38.2. The number of nitrogens with one attached hydrogen (secondary N) is 7. The number of aliphatic carboxylic acids is 1. The third-order valence-corrected chi connectivity index (χ3v) is 11.0. The molecule has 0 unspecified atom stereocenters. The summed E-state index contributed by atoms with van der Waals surface area (Å²) in [6.45, 7) is 3.15. The monoisotopic (exact) mass is 940 g/mol. The molecule has 0 aliphatic carbocycles. The number of fused-ring (bicyclic) bond motifs is 1. The molecule has 4 rings (SSSR count). The number of nitrogens with zero attached hydrogens (tertiary/aromatic N) is 1. The number of guanidine groups is 1. The van der Waals surface area contributed by atoms with Crippen molar-refractivity contribution in [3.05, 3.63) is 102 Å². The number of aromatic amines is 1. The van der Waals surface area contributed by atoms with Crippen molar-refractivity contribution in [3.63, 3.8) is 0 Å². The zero-order chi connectivity index (χ0) is 49.8. The lowest BCUT2D eigenvalue weighted by molar-refractivity contribution is -0.141. The molecule has 7 atom stereocenters. The molecule has 0 spiro atoms. The molecule has 0 radical (unpaired) electrons. The summed E-state index contributed by atoms with van der Waals surface area (Å²) in [6.07, 6.45) is 2.83. The number of aromatic hydroxyl groups is 1. The third kappa shape index (κ3) is 17.0. The molecule has 21 heteroatoms. The van der Waals surface area contributed by atoms with E-state index in [2.05, 4.69) is 41.9 Å². The van der Waals surface area contributed by atoms with Crippen LogP contribution in [0.4, 0.5) is 0 Å². The van der Waals surface area contributed by atoms with E-state index in [1.54, 1.807) is 36.5 Å². The normalized spacial score (nSPS) is 14.1. The van der Waals surface area contributed by atoms with E-state index in [0.29, 0.717) is 36.1 Å². The summed E-state index contributed by atoms with van der Waals surface area (Å²) < 4.78 is 0. The second kappa shape index (κ2) is 26.6. The maximum absolute atomic E-state index is 14.6. The molecule has 21 nitrogen and oxygen atoms in total. The fourth-order valence-electron chi connectivity index (χ4n) is 7.17. The number of carboxylic acids is 1. The zero-order valence-electron chi connectivity index (χ0n) is 38.2. The Hall–Kier alpha value is -7.52. The Morgan fingerprint density at radius 2 is 1.09 bits per heavy atom. The van der Waals surface area contributed by atoms with Crippen molar-refractivity contribution in [3.8, 4) is 5.75 Å². The lowest BCUT2D eigenvalue weighted by Gasteiger charge is -2.28. The summed E-state index contributed by atoms with van der Waals surface area (Å²) in [5.74, 6) is -6.02. The van der Waals surface area contributed by atoms with E-state index >= 15 is 0 Å². The van der Waals surface area contributed by atoms with Crippen LogP contribution < -0.4 is 54.8 Å². The summed E-state index contributed by atoms with van der Waals surface area (Å²) >= 11 is 0. The first kappa shape index (κ1) is 53.1. The molecule has 68 heavy (non-hydrogen) atoms. The predicted molar refractivity (Wildman–Crippen MR) is 255 cm³/mol. The Morgan fingerprint density at radius 1 is 0.603 bits per heavy atom. The van der Waals surface area contributed by atoms with Gasteiger partial charge in [-0.3, -0.25) is 38.6 Å². The van der Waals surface area contributed by atoms with Crippen molar-refractivity contribution in [2.45, 2.75) is 108 Å². The van der Waals surface area contributed by atoms with Crippen LogP contribution in [0.15, 0.2) is 90.1 Å². The summed E-state index contributed by atoms with van der Waals surface area (Å²) in [5, 5.41) is 36.2. The smallest absolute Gasteiger partial charge is 0.325 e. The van der Waals surface area contributed by atoms with Crippen LogP contribution in [-0.2, 0) is 52.8 Å². The molecule has 17 N–H and O–H groups in total. The van der Waals surface area contributed by atoms with Crippen LogP contribution in [-0.4, -0.2) is 118 Å². The number of amides is 6. The van der Waals surface area contributed by atoms with Gasteiger partial charge in [0.15, 0.2) is 5.96 Å².